The van der Waals surface area contributed by atoms with Gasteiger partial charge in [0, 0.05) is 11.7 Å². The molecule has 5 nitrogen and oxygen atoms in total. The molecule has 2 aromatic heterocycles. The van der Waals surface area contributed by atoms with Gasteiger partial charge in [0.2, 0.25) is 0 Å². The van der Waals surface area contributed by atoms with Gasteiger partial charge in [-0.1, -0.05) is 13.8 Å². The molecule has 2 N–H and O–H groups in total. The minimum atomic E-state index is -2.69. The molecule has 2 rings (SSSR count). The molecule has 0 aliphatic carbocycles. The van der Waals surface area contributed by atoms with E-state index in [1.54, 1.807) is 19.2 Å². The predicted molar refractivity (Wildman–Crippen MR) is 92.5 cm³/mol. The highest BCUT2D eigenvalue weighted by Crippen LogP contribution is 2.32. The Morgan fingerprint density at radius 1 is 1.24 bits per heavy atom. The monoisotopic (exact) mass is 350 g/mol. The van der Waals surface area contributed by atoms with E-state index in [0.29, 0.717) is 23.1 Å². The van der Waals surface area contributed by atoms with Gasteiger partial charge in [0.05, 0.1) is 23.1 Å². The Morgan fingerprint density at radius 3 is 2.56 bits per heavy atom. The largest absolute Gasteiger partial charge is 0.490 e. The highest BCUT2D eigenvalue weighted by molar-refractivity contribution is 5.56. The Morgan fingerprint density at radius 2 is 1.96 bits per heavy atom. The third kappa shape index (κ3) is 5.42. The number of alkyl halides is 2. The first kappa shape index (κ1) is 19.2. The summed E-state index contributed by atoms with van der Waals surface area (Å²) in [6, 6.07) is 2.93. The topological polar surface area (TPSA) is 73.9 Å². The molecule has 0 aliphatic heterocycles. The van der Waals surface area contributed by atoms with E-state index in [2.05, 4.69) is 28.8 Å². The summed E-state index contributed by atoms with van der Waals surface area (Å²) in [6.45, 7) is 7.82. The number of ether oxygens (including phenoxy) is 1. The molecule has 0 amide bonds. The standard InChI is InChI=1S/C18H24F2N4O/c1-11(2)8-18(4,21)10-25-16-9-23-15(7-13(16)17(19)20)14-5-6-22-12(3)24-14/h5-7,9,11,17H,8,10,21H2,1-4H3. The number of aromatic nitrogens is 3. The first-order chi connectivity index (χ1) is 11.7. The van der Waals surface area contributed by atoms with E-state index in [1.165, 1.54) is 12.3 Å². The summed E-state index contributed by atoms with van der Waals surface area (Å²) in [6.07, 6.45) is 0.911. The van der Waals surface area contributed by atoms with Crippen LogP contribution in [-0.2, 0) is 0 Å². The average molecular weight is 350 g/mol. The molecule has 0 fully saturated rings. The zero-order chi connectivity index (χ0) is 18.6. The minimum absolute atomic E-state index is 0.0463. The molecule has 2 aromatic rings. The van der Waals surface area contributed by atoms with Crippen molar-refractivity contribution in [3.63, 3.8) is 0 Å². The van der Waals surface area contributed by atoms with Crippen LogP contribution < -0.4 is 10.5 Å². The number of nitrogens with two attached hydrogens (primary N) is 1. The molecular formula is C18H24F2N4O. The highest BCUT2D eigenvalue weighted by atomic mass is 19.3. The molecule has 1 unspecified atom stereocenters. The average Bonchev–Trinajstić information content (AvgIpc) is 2.51. The van der Waals surface area contributed by atoms with Gasteiger partial charge in [-0.2, -0.15) is 0 Å². The Kier molecular flexibility index (Phi) is 6.00. The molecule has 0 saturated heterocycles. The van der Waals surface area contributed by atoms with Crippen molar-refractivity contribution < 1.29 is 13.5 Å². The van der Waals surface area contributed by atoms with Crippen molar-refractivity contribution in [2.45, 2.75) is 46.1 Å². The van der Waals surface area contributed by atoms with Crippen LogP contribution in [0.15, 0.2) is 24.5 Å². The zero-order valence-corrected chi connectivity index (χ0v) is 15.0. The van der Waals surface area contributed by atoms with Gasteiger partial charge in [0.1, 0.15) is 18.2 Å². The molecule has 7 heteroatoms. The quantitative estimate of drug-likeness (QED) is 0.819. The van der Waals surface area contributed by atoms with Crippen LogP contribution in [0, 0.1) is 12.8 Å². The van der Waals surface area contributed by atoms with Gasteiger partial charge in [-0.25, -0.2) is 18.7 Å². The summed E-state index contributed by atoms with van der Waals surface area (Å²) in [5, 5.41) is 0. The van der Waals surface area contributed by atoms with Crippen molar-refractivity contribution in [3.8, 4) is 17.1 Å². The van der Waals surface area contributed by atoms with Gasteiger partial charge in [0.25, 0.3) is 6.43 Å². The Labute approximate surface area is 146 Å². The van der Waals surface area contributed by atoms with E-state index in [9.17, 15) is 8.78 Å². The summed E-state index contributed by atoms with van der Waals surface area (Å²) in [5.41, 5.74) is 6.20. The van der Waals surface area contributed by atoms with Gasteiger partial charge in [-0.05, 0) is 38.3 Å². The van der Waals surface area contributed by atoms with Crippen molar-refractivity contribution in [1.82, 2.24) is 15.0 Å². The maximum absolute atomic E-state index is 13.5. The molecular weight excluding hydrogens is 326 g/mol. The van der Waals surface area contributed by atoms with Gasteiger partial charge < -0.3 is 10.5 Å². The fourth-order valence-electron chi connectivity index (χ4n) is 2.72. The van der Waals surface area contributed by atoms with Gasteiger partial charge in [-0.3, -0.25) is 4.98 Å². The number of hydrogen-bond donors (Lipinski definition) is 1. The fraction of sp³-hybridized carbons (Fsp3) is 0.500. The van der Waals surface area contributed by atoms with Crippen LogP contribution >= 0.6 is 0 Å². The van der Waals surface area contributed by atoms with Crippen molar-refractivity contribution in [3.05, 3.63) is 35.9 Å². The molecule has 2 heterocycles. The van der Waals surface area contributed by atoms with Crippen molar-refractivity contribution in [2.24, 2.45) is 11.7 Å². The van der Waals surface area contributed by atoms with Gasteiger partial charge in [0.15, 0.2) is 0 Å². The molecule has 1 atom stereocenters. The predicted octanol–water partition coefficient (Wildman–Crippen LogP) is 3.93. The van der Waals surface area contributed by atoms with Crippen LogP contribution in [-0.4, -0.2) is 27.1 Å². The maximum atomic E-state index is 13.5. The molecule has 0 bridgehead atoms. The van der Waals surface area contributed by atoms with E-state index >= 15 is 0 Å². The van der Waals surface area contributed by atoms with Crippen LogP contribution in [0.2, 0.25) is 0 Å². The van der Waals surface area contributed by atoms with Crippen LogP contribution in [0.4, 0.5) is 8.78 Å². The molecule has 0 aliphatic rings. The van der Waals surface area contributed by atoms with Crippen LogP contribution in [0.5, 0.6) is 5.75 Å². The summed E-state index contributed by atoms with van der Waals surface area (Å²) in [5.74, 6) is 0.977. The van der Waals surface area contributed by atoms with Crippen LogP contribution in [0.1, 0.15) is 45.0 Å². The first-order valence-electron chi connectivity index (χ1n) is 8.18. The van der Waals surface area contributed by atoms with E-state index < -0.39 is 12.0 Å². The second-order valence-corrected chi connectivity index (χ2v) is 6.94. The number of rotatable bonds is 7. The van der Waals surface area contributed by atoms with Gasteiger partial charge >= 0.3 is 0 Å². The molecule has 0 saturated carbocycles. The minimum Gasteiger partial charge on any atom is -0.490 e. The van der Waals surface area contributed by atoms with Crippen molar-refractivity contribution in [2.75, 3.05) is 6.61 Å². The molecule has 136 valence electrons. The van der Waals surface area contributed by atoms with Crippen molar-refractivity contribution >= 4 is 0 Å². The smallest absolute Gasteiger partial charge is 0.267 e. The lowest BCUT2D eigenvalue weighted by atomic mass is 9.93. The maximum Gasteiger partial charge on any atom is 0.267 e. The molecule has 25 heavy (non-hydrogen) atoms. The first-order valence-corrected chi connectivity index (χ1v) is 8.18. The highest BCUT2D eigenvalue weighted by Gasteiger charge is 2.23. The lowest BCUT2D eigenvalue weighted by Gasteiger charge is -2.27. The summed E-state index contributed by atoms with van der Waals surface area (Å²) >= 11 is 0. The number of hydrogen-bond acceptors (Lipinski definition) is 5. The van der Waals surface area contributed by atoms with Crippen LogP contribution in [0.25, 0.3) is 11.4 Å². The van der Waals surface area contributed by atoms with E-state index in [-0.39, 0.29) is 17.9 Å². The second kappa shape index (κ2) is 7.82. The lowest BCUT2D eigenvalue weighted by Crippen LogP contribution is -2.43. The lowest BCUT2D eigenvalue weighted by molar-refractivity contribution is 0.139. The summed E-state index contributed by atoms with van der Waals surface area (Å²) in [7, 11) is 0. The number of pyridine rings is 1. The zero-order valence-electron chi connectivity index (χ0n) is 15.0. The fourth-order valence-corrected chi connectivity index (χ4v) is 2.72. The third-order valence-corrected chi connectivity index (χ3v) is 3.60. The Hall–Kier alpha value is -2.15. The second-order valence-electron chi connectivity index (χ2n) is 6.94. The van der Waals surface area contributed by atoms with Crippen LogP contribution in [0.3, 0.4) is 0 Å². The number of aryl methyl sites for hydroxylation is 1. The SMILES string of the molecule is Cc1nccc(-c2cc(C(F)F)c(OCC(C)(N)CC(C)C)cn2)n1. The van der Waals surface area contributed by atoms with E-state index in [4.69, 9.17) is 10.5 Å². The third-order valence-electron chi connectivity index (χ3n) is 3.60. The number of halogens is 2. The normalized spacial score (nSPS) is 14.0. The Bertz CT molecular complexity index is 720. The van der Waals surface area contributed by atoms with Crippen molar-refractivity contribution in [1.29, 1.82) is 0 Å². The summed E-state index contributed by atoms with van der Waals surface area (Å²) in [4.78, 5) is 12.4. The molecule has 0 aromatic carbocycles. The van der Waals surface area contributed by atoms with E-state index in [1.807, 2.05) is 6.92 Å². The van der Waals surface area contributed by atoms with E-state index in [0.717, 1.165) is 6.42 Å². The number of nitrogens with zero attached hydrogens (tertiary/aromatic N) is 3. The summed E-state index contributed by atoms with van der Waals surface area (Å²) < 4.78 is 32.5. The Balaban J connectivity index is 2.25. The molecule has 0 radical (unpaired) electrons. The molecule has 0 spiro atoms. The van der Waals surface area contributed by atoms with Gasteiger partial charge in [-0.15, -0.1) is 0 Å².